The van der Waals surface area contributed by atoms with Gasteiger partial charge >= 0.3 is 0 Å². The highest BCUT2D eigenvalue weighted by Crippen LogP contribution is 2.29. The van der Waals surface area contributed by atoms with E-state index in [1.807, 2.05) is 55.5 Å². The normalized spacial score (nSPS) is 12.1. The van der Waals surface area contributed by atoms with Crippen LogP contribution in [0.5, 0.6) is 11.5 Å². The van der Waals surface area contributed by atoms with Crippen LogP contribution in [0.3, 0.4) is 0 Å². The number of benzene rings is 2. The maximum absolute atomic E-state index is 12.3. The fraction of sp³-hybridized carbons (Fsp3) is 0.182. The summed E-state index contributed by atoms with van der Waals surface area (Å²) < 4.78 is 10.6. The van der Waals surface area contributed by atoms with Gasteiger partial charge in [-0.15, -0.1) is 0 Å². The average molecular weight is 362 g/mol. The Labute approximate surface area is 158 Å². The van der Waals surface area contributed by atoms with Gasteiger partial charge in [-0.3, -0.25) is 4.79 Å². The first kappa shape index (κ1) is 18.5. The number of ether oxygens (including phenoxy) is 2. The van der Waals surface area contributed by atoms with Crippen molar-refractivity contribution < 1.29 is 14.3 Å². The van der Waals surface area contributed by atoms with Gasteiger partial charge in [-0.25, -0.2) is 4.98 Å². The molecule has 0 saturated heterocycles. The third-order valence-corrected chi connectivity index (χ3v) is 4.29. The quantitative estimate of drug-likeness (QED) is 0.670. The minimum Gasteiger partial charge on any atom is -0.497 e. The summed E-state index contributed by atoms with van der Waals surface area (Å²) >= 11 is 0. The number of nitrogens with zero attached hydrogens (tertiary/aromatic N) is 1. The summed E-state index contributed by atoms with van der Waals surface area (Å²) in [5.74, 6) is 1.18. The van der Waals surface area contributed by atoms with E-state index < -0.39 is 0 Å². The molecule has 0 unspecified atom stereocenters. The van der Waals surface area contributed by atoms with Crippen molar-refractivity contribution in [2.75, 3.05) is 14.2 Å². The molecule has 138 valence electrons. The minimum absolute atomic E-state index is 0.199. The van der Waals surface area contributed by atoms with Crippen molar-refractivity contribution in [1.29, 1.82) is 0 Å². The van der Waals surface area contributed by atoms with Crippen molar-refractivity contribution in [3.8, 4) is 11.5 Å². The summed E-state index contributed by atoms with van der Waals surface area (Å²) in [6.07, 6.45) is 3.20. The van der Waals surface area contributed by atoms with Crippen LogP contribution in [0.25, 0.3) is 17.0 Å². The number of carbonyl (C=O) groups is 1. The molecule has 3 aromatic rings. The van der Waals surface area contributed by atoms with Crippen LogP contribution in [0.15, 0.2) is 60.7 Å². The van der Waals surface area contributed by atoms with Gasteiger partial charge in [-0.2, -0.15) is 0 Å². The van der Waals surface area contributed by atoms with Crippen LogP contribution in [0.1, 0.15) is 24.2 Å². The molecule has 0 aliphatic heterocycles. The number of hydrogen-bond donors (Lipinski definition) is 1. The average Bonchev–Trinajstić information content (AvgIpc) is 2.71. The number of fused-ring (bicyclic) bond motifs is 1. The Morgan fingerprint density at radius 3 is 2.67 bits per heavy atom. The molecule has 0 spiro atoms. The number of carbonyl (C=O) groups excluding carboxylic acids is 1. The topological polar surface area (TPSA) is 60.5 Å². The lowest BCUT2D eigenvalue weighted by molar-refractivity contribution is -0.117. The number of methoxy groups -OCH3 is 2. The van der Waals surface area contributed by atoms with Crippen molar-refractivity contribution >= 4 is 22.9 Å². The third-order valence-electron chi connectivity index (χ3n) is 4.29. The van der Waals surface area contributed by atoms with E-state index in [0.29, 0.717) is 11.5 Å². The van der Waals surface area contributed by atoms with Gasteiger partial charge in [0.05, 0.1) is 31.5 Å². The molecule has 1 amide bonds. The molecule has 5 nitrogen and oxygen atoms in total. The number of amides is 1. The highest BCUT2D eigenvalue weighted by atomic mass is 16.5. The van der Waals surface area contributed by atoms with E-state index in [2.05, 4.69) is 10.3 Å². The zero-order valence-electron chi connectivity index (χ0n) is 15.6. The number of aromatic nitrogens is 1. The molecule has 0 saturated carbocycles. The summed E-state index contributed by atoms with van der Waals surface area (Å²) in [5, 5.41) is 4.01. The Balaban J connectivity index is 1.70. The summed E-state index contributed by atoms with van der Waals surface area (Å²) in [5.41, 5.74) is 2.51. The molecule has 0 bridgehead atoms. The van der Waals surface area contributed by atoms with Crippen LogP contribution in [0.4, 0.5) is 0 Å². The van der Waals surface area contributed by atoms with Gasteiger partial charge in [0.2, 0.25) is 5.91 Å². The third kappa shape index (κ3) is 4.44. The molecule has 5 heteroatoms. The molecule has 27 heavy (non-hydrogen) atoms. The molecular formula is C22H22N2O3. The molecule has 1 atom stereocenters. The highest BCUT2D eigenvalue weighted by Gasteiger charge is 2.13. The molecule has 1 N–H and O–H groups in total. The van der Waals surface area contributed by atoms with Gasteiger partial charge in [-0.1, -0.05) is 24.3 Å². The van der Waals surface area contributed by atoms with E-state index in [1.165, 1.54) is 6.08 Å². The Morgan fingerprint density at radius 2 is 1.89 bits per heavy atom. The van der Waals surface area contributed by atoms with Crippen molar-refractivity contribution in [3.63, 3.8) is 0 Å². The first-order chi connectivity index (χ1) is 13.1. The standard InChI is InChI=1S/C22H22N2O3/c1-15(19-12-11-18(26-2)14-21(19)27-3)23-22(25)13-10-17-9-8-16-6-4-5-7-20(16)24-17/h4-15H,1-3H3,(H,23,25)/b13-10-/t15-/m0/s1. The Morgan fingerprint density at radius 1 is 1.07 bits per heavy atom. The number of nitrogens with one attached hydrogen (secondary N) is 1. The fourth-order valence-corrected chi connectivity index (χ4v) is 2.85. The van der Waals surface area contributed by atoms with Crippen LogP contribution >= 0.6 is 0 Å². The summed E-state index contributed by atoms with van der Waals surface area (Å²) in [4.78, 5) is 16.8. The SMILES string of the molecule is COc1ccc([C@H](C)NC(=O)/C=C\c2ccc3ccccc3n2)c(OC)c1. The minimum atomic E-state index is -0.215. The van der Waals surface area contributed by atoms with E-state index >= 15 is 0 Å². The van der Waals surface area contributed by atoms with Crippen molar-refractivity contribution in [2.24, 2.45) is 0 Å². The monoisotopic (exact) mass is 362 g/mol. The van der Waals surface area contributed by atoms with Gasteiger partial charge in [0.1, 0.15) is 11.5 Å². The molecule has 0 aliphatic carbocycles. The van der Waals surface area contributed by atoms with Crippen LogP contribution in [0, 0.1) is 0 Å². The molecular weight excluding hydrogens is 340 g/mol. The van der Waals surface area contributed by atoms with Gasteiger partial charge in [0.25, 0.3) is 0 Å². The molecule has 1 heterocycles. The zero-order chi connectivity index (χ0) is 19.2. The molecule has 1 aromatic heterocycles. The molecule has 3 rings (SSSR count). The largest absolute Gasteiger partial charge is 0.497 e. The molecule has 0 radical (unpaired) electrons. The second-order valence-corrected chi connectivity index (χ2v) is 6.10. The second kappa shape index (κ2) is 8.36. The predicted octanol–water partition coefficient (Wildman–Crippen LogP) is 4.14. The smallest absolute Gasteiger partial charge is 0.244 e. The number of rotatable bonds is 6. The maximum Gasteiger partial charge on any atom is 0.244 e. The lowest BCUT2D eigenvalue weighted by Gasteiger charge is -2.17. The van der Waals surface area contributed by atoms with Crippen LogP contribution in [0.2, 0.25) is 0 Å². The lowest BCUT2D eigenvalue weighted by Crippen LogP contribution is -2.25. The maximum atomic E-state index is 12.3. The molecule has 2 aromatic carbocycles. The summed E-state index contributed by atoms with van der Waals surface area (Å²) in [7, 11) is 3.20. The van der Waals surface area contributed by atoms with Crippen LogP contribution < -0.4 is 14.8 Å². The van der Waals surface area contributed by atoms with Crippen LogP contribution in [-0.4, -0.2) is 25.1 Å². The fourth-order valence-electron chi connectivity index (χ4n) is 2.85. The number of para-hydroxylation sites is 1. The summed E-state index contributed by atoms with van der Waals surface area (Å²) in [6, 6.07) is 17.1. The van der Waals surface area contributed by atoms with Crippen LogP contribution in [-0.2, 0) is 4.79 Å². The Hall–Kier alpha value is -3.34. The summed E-state index contributed by atoms with van der Waals surface area (Å²) in [6.45, 7) is 1.91. The van der Waals surface area contributed by atoms with E-state index in [1.54, 1.807) is 26.4 Å². The number of pyridine rings is 1. The van der Waals surface area contributed by atoms with Gasteiger partial charge < -0.3 is 14.8 Å². The van der Waals surface area contributed by atoms with E-state index in [0.717, 1.165) is 22.2 Å². The van der Waals surface area contributed by atoms with Gasteiger partial charge in [0, 0.05) is 23.1 Å². The highest BCUT2D eigenvalue weighted by molar-refractivity contribution is 5.92. The second-order valence-electron chi connectivity index (χ2n) is 6.10. The first-order valence-electron chi connectivity index (χ1n) is 8.67. The predicted molar refractivity (Wildman–Crippen MR) is 107 cm³/mol. The van der Waals surface area contributed by atoms with E-state index in [9.17, 15) is 4.79 Å². The Bertz CT molecular complexity index is 982. The Kier molecular flexibility index (Phi) is 5.71. The van der Waals surface area contributed by atoms with Gasteiger partial charge in [-0.05, 0) is 37.3 Å². The molecule has 0 aliphatic rings. The van der Waals surface area contributed by atoms with Gasteiger partial charge in [0.15, 0.2) is 0 Å². The van der Waals surface area contributed by atoms with E-state index in [-0.39, 0.29) is 11.9 Å². The zero-order valence-corrected chi connectivity index (χ0v) is 15.6. The first-order valence-corrected chi connectivity index (χ1v) is 8.67. The van der Waals surface area contributed by atoms with E-state index in [4.69, 9.17) is 9.47 Å². The van der Waals surface area contributed by atoms with Crippen molar-refractivity contribution in [3.05, 3.63) is 71.9 Å². The van der Waals surface area contributed by atoms with Crippen molar-refractivity contribution in [2.45, 2.75) is 13.0 Å². The number of hydrogen-bond acceptors (Lipinski definition) is 4. The van der Waals surface area contributed by atoms with Crippen molar-refractivity contribution in [1.82, 2.24) is 10.3 Å². The molecule has 0 fully saturated rings. The lowest BCUT2D eigenvalue weighted by atomic mass is 10.1.